The molecule has 1 saturated heterocycles. The van der Waals surface area contributed by atoms with Gasteiger partial charge in [0.1, 0.15) is 0 Å². The fourth-order valence-electron chi connectivity index (χ4n) is 4.59. The van der Waals surface area contributed by atoms with Gasteiger partial charge in [0.25, 0.3) is 0 Å². The van der Waals surface area contributed by atoms with Gasteiger partial charge in [-0.2, -0.15) is 0 Å². The number of fused-ring (bicyclic) bond motifs is 2. The second-order valence-corrected chi connectivity index (χ2v) is 7.18. The smallest absolute Gasteiger partial charge is 0.0775 e. The van der Waals surface area contributed by atoms with Crippen LogP contribution in [0.1, 0.15) is 19.3 Å². The molecule has 2 aliphatic carbocycles. The van der Waals surface area contributed by atoms with Crippen LogP contribution in [0.5, 0.6) is 0 Å². The Bertz CT molecular complexity index is 566. The van der Waals surface area contributed by atoms with Crippen molar-refractivity contribution < 1.29 is 5.21 Å². The molecule has 4 nitrogen and oxygen atoms in total. The van der Waals surface area contributed by atoms with Crippen LogP contribution in [-0.4, -0.2) is 48.0 Å². The van der Waals surface area contributed by atoms with E-state index in [0.717, 1.165) is 36.9 Å². The molecule has 5 heteroatoms. The third kappa shape index (κ3) is 2.38. The zero-order valence-corrected chi connectivity index (χ0v) is 13.4. The van der Waals surface area contributed by atoms with E-state index in [2.05, 4.69) is 27.1 Å². The van der Waals surface area contributed by atoms with Gasteiger partial charge in [0.15, 0.2) is 0 Å². The minimum atomic E-state index is 0.385. The first-order valence-corrected chi connectivity index (χ1v) is 8.60. The second-order valence-electron chi connectivity index (χ2n) is 6.74. The molecule has 1 heterocycles. The Balaban J connectivity index is 1.43. The summed E-state index contributed by atoms with van der Waals surface area (Å²) >= 11 is 5.96. The molecule has 3 atom stereocenters. The summed E-state index contributed by atoms with van der Waals surface area (Å²) < 4.78 is 0. The van der Waals surface area contributed by atoms with Crippen molar-refractivity contribution in [3.05, 3.63) is 29.3 Å². The summed E-state index contributed by atoms with van der Waals surface area (Å²) in [6, 6.07) is 8.48. The van der Waals surface area contributed by atoms with Crippen LogP contribution in [0.2, 0.25) is 5.02 Å². The maximum Gasteiger partial charge on any atom is 0.0775 e. The van der Waals surface area contributed by atoms with Gasteiger partial charge < -0.3 is 10.1 Å². The Labute approximate surface area is 136 Å². The van der Waals surface area contributed by atoms with Crippen LogP contribution in [0.15, 0.2) is 29.4 Å². The first-order chi connectivity index (χ1) is 10.8. The van der Waals surface area contributed by atoms with E-state index in [-0.39, 0.29) is 0 Å². The number of halogens is 1. The van der Waals surface area contributed by atoms with E-state index in [1.807, 2.05) is 12.1 Å². The first-order valence-electron chi connectivity index (χ1n) is 8.22. The molecular weight excluding hydrogens is 298 g/mol. The van der Waals surface area contributed by atoms with Crippen molar-refractivity contribution in [2.75, 3.05) is 31.1 Å². The summed E-state index contributed by atoms with van der Waals surface area (Å²) in [4.78, 5) is 4.95. The second kappa shape index (κ2) is 5.74. The average Bonchev–Trinajstić information content (AvgIpc) is 3.16. The van der Waals surface area contributed by atoms with Crippen molar-refractivity contribution in [2.24, 2.45) is 17.0 Å². The van der Waals surface area contributed by atoms with Crippen LogP contribution in [0.3, 0.4) is 0 Å². The van der Waals surface area contributed by atoms with Gasteiger partial charge in [-0.15, -0.1) is 0 Å². The topological polar surface area (TPSA) is 39.1 Å². The van der Waals surface area contributed by atoms with Crippen LogP contribution in [-0.2, 0) is 0 Å². The summed E-state index contributed by atoms with van der Waals surface area (Å²) in [6.07, 6.45) is 3.73. The van der Waals surface area contributed by atoms with Crippen LogP contribution < -0.4 is 4.90 Å². The number of benzene rings is 1. The van der Waals surface area contributed by atoms with E-state index in [9.17, 15) is 5.21 Å². The molecule has 2 bridgehead atoms. The number of rotatable bonds is 2. The Morgan fingerprint density at radius 3 is 2.45 bits per heavy atom. The Hall–Kier alpha value is -1.26. The van der Waals surface area contributed by atoms with E-state index >= 15 is 0 Å². The molecule has 22 heavy (non-hydrogen) atoms. The summed E-state index contributed by atoms with van der Waals surface area (Å²) in [5.74, 6) is 1.24. The lowest BCUT2D eigenvalue weighted by atomic mass is 9.91. The van der Waals surface area contributed by atoms with Crippen LogP contribution in [0, 0.1) is 11.8 Å². The lowest BCUT2D eigenvalue weighted by molar-refractivity contribution is 0.181. The highest BCUT2D eigenvalue weighted by molar-refractivity contribution is 6.30. The largest absolute Gasteiger partial charge is 0.411 e. The van der Waals surface area contributed by atoms with Gasteiger partial charge in [-0.25, -0.2) is 0 Å². The van der Waals surface area contributed by atoms with Crippen molar-refractivity contribution in [1.29, 1.82) is 0 Å². The van der Waals surface area contributed by atoms with E-state index in [1.54, 1.807) is 0 Å². The van der Waals surface area contributed by atoms with E-state index < -0.39 is 0 Å². The Morgan fingerprint density at radius 2 is 1.77 bits per heavy atom. The van der Waals surface area contributed by atoms with Crippen molar-refractivity contribution in [3.8, 4) is 0 Å². The molecule has 0 aromatic heterocycles. The number of oxime groups is 1. The number of piperazine rings is 1. The molecule has 3 aliphatic rings. The predicted molar refractivity (Wildman–Crippen MR) is 89.1 cm³/mol. The third-order valence-electron chi connectivity index (χ3n) is 5.66. The predicted octanol–water partition coefficient (Wildman–Crippen LogP) is 3.09. The van der Waals surface area contributed by atoms with Gasteiger partial charge in [-0.3, -0.25) is 4.90 Å². The molecule has 4 rings (SSSR count). The van der Waals surface area contributed by atoms with Gasteiger partial charge in [-0.05, 0) is 49.4 Å². The SMILES string of the molecule is O/N=C1\[C@H]2CC[C@@H](C2)[C@@H]1N1CCN(c2ccc(Cl)cc2)CC1. The molecule has 1 aromatic carbocycles. The van der Waals surface area contributed by atoms with Gasteiger partial charge in [0.05, 0.1) is 11.8 Å². The molecule has 0 radical (unpaired) electrons. The highest BCUT2D eigenvalue weighted by atomic mass is 35.5. The Kier molecular flexibility index (Phi) is 3.74. The van der Waals surface area contributed by atoms with Gasteiger partial charge in [0, 0.05) is 42.8 Å². The minimum absolute atomic E-state index is 0.385. The van der Waals surface area contributed by atoms with Crippen molar-refractivity contribution in [2.45, 2.75) is 25.3 Å². The number of hydrogen-bond acceptors (Lipinski definition) is 4. The van der Waals surface area contributed by atoms with Gasteiger partial charge in [-0.1, -0.05) is 16.8 Å². The molecule has 3 fully saturated rings. The first kappa shape index (κ1) is 14.3. The molecule has 1 aromatic rings. The fraction of sp³-hybridized carbons (Fsp3) is 0.588. The molecule has 0 spiro atoms. The van der Waals surface area contributed by atoms with E-state index in [0.29, 0.717) is 17.9 Å². The summed E-state index contributed by atoms with van der Waals surface area (Å²) in [6.45, 7) is 4.12. The normalized spacial score (nSPS) is 33.8. The van der Waals surface area contributed by atoms with Crippen LogP contribution in [0.25, 0.3) is 0 Å². The zero-order valence-electron chi connectivity index (χ0n) is 12.7. The number of hydrogen-bond donors (Lipinski definition) is 1. The fourth-order valence-corrected chi connectivity index (χ4v) is 4.72. The molecular formula is C17H22ClN3O. The molecule has 0 unspecified atom stereocenters. The van der Waals surface area contributed by atoms with Crippen LogP contribution >= 0.6 is 11.6 Å². The highest BCUT2D eigenvalue weighted by Crippen LogP contribution is 2.45. The summed E-state index contributed by atoms with van der Waals surface area (Å²) in [5, 5.41) is 13.8. The monoisotopic (exact) mass is 319 g/mol. The zero-order chi connectivity index (χ0) is 15.1. The molecule has 118 valence electrons. The van der Waals surface area contributed by atoms with Gasteiger partial charge in [0.2, 0.25) is 0 Å². The average molecular weight is 320 g/mol. The lowest BCUT2D eigenvalue weighted by Crippen LogP contribution is -2.54. The standard InChI is InChI=1S/C17H22ClN3O/c18-14-3-5-15(6-4-14)20-7-9-21(10-8-20)17-13-2-1-12(11-13)16(17)19-22/h3-6,12-13,17,22H,1-2,7-11H2/b19-16+/t12-,13-,17-/m0/s1. The summed E-state index contributed by atoms with van der Waals surface area (Å²) in [5.41, 5.74) is 2.30. The number of nitrogens with zero attached hydrogens (tertiary/aromatic N) is 3. The van der Waals surface area contributed by atoms with E-state index in [4.69, 9.17) is 11.6 Å². The third-order valence-corrected chi connectivity index (χ3v) is 5.91. The highest BCUT2D eigenvalue weighted by Gasteiger charge is 2.48. The minimum Gasteiger partial charge on any atom is -0.411 e. The van der Waals surface area contributed by atoms with Crippen molar-refractivity contribution >= 4 is 23.0 Å². The maximum absolute atomic E-state index is 9.38. The van der Waals surface area contributed by atoms with Gasteiger partial charge >= 0.3 is 0 Å². The number of anilines is 1. The molecule has 0 amide bonds. The molecule has 1 N–H and O–H groups in total. The quantitative estimate of drug-likeness (QED) is 0.672. The van der Waals surface area contributed by atoms with Crippen molar-refractivity contribution in [3.63, 3.8) is 0 Å². The lowest BCUT2D eigenvalue weighted by Gasteiger charge is -2.41. The molecule has 1 aliphatic heterocycles. The Morgan fingerprint density at radius 1 is 1.05 bits per heavy atom. The maximum atomic E-state index is 9.38. The van der Waals surface area contributed by atoms with Crippen LogP contribution in [0.4, 0.5) is 5.69 Å². The van der Waals surface area contributed by atoms with Crippen molar-refractivity contribution in [1.82, 2.24) is 4.90 Å². The molecule has 2 saturated carbocycles. The van der Waals surface area contributed by atoms with E-state index in [1.165, 1.54) is 24.9 Å². The summed E-state index contributed by atoms with van der Waals surface area (Å²) in [7, 11) is 0.